The summed E-state index contributed by atoms with van der Waals surface area (Å²) in [6.45, 7) is 0. The molecule has 2 aromatic heterocycles. The molecule has 4 rings (SSSR count). The van der Waals surface area contributed by atoms with E-state index < -0.39 is 0 Å². The third kappa shape index (κ3) is 4.35. The molecule has 23 heavy (non-hydrogen) atoms. The smallest absolute Gasteiger partial charge is 0.676 e. The van der Waals surface area contributed by atoms with Crippen molar-refractivity contribution in [3.63, 3.8) is 0 Å². The van der Waals surface area contributed by atoms with E-state index in [1.54, 1.807) is 12.4 Å². The second kappa shape index (κ2) is 8.49. The van der Waals surface area contributed by atoms with E-state index in [1.165, 1.54) is 12.8 Å². The molecule has 1 saturated carbocycles. The van der Waals surface area contributed by atoms with Crippen LogP contribution in [0.3, 0.4) is 0 Å². The fraction of sp³-hybridized carbons (Fsp3) is 0.333. The van der Waals surface area contributed by atoms with Crippen LogP contribution in [-0.4, -0.2) is 22.1 Å². The predicted molar refractivity (Wildman–Crippen MR) is 91.7 cm³/mol. The second-order valence-electron chi connectivity index (χ2n) is 5.71. The molecule has 1 aliphatic rings. The topological polar surface area (TPSA) is 73.4 Å². The van der Waals surface area contributed by atoms with Crippen molar-refractivity contribution in [3.8, 4) is 0 Å². The van der Waals surface area contributed by atoms with E-state index in [0.29, 0.717) is 0 Å². The van der Waals surface area contributed by atoms with E-state index in [-0.39, 0.29) is 33.1 Å². The quantitative estimate of drug-likeness (QED) is 0.410. The van der Waals surface area contributed by atoms with Gasteiger partial charge >= 0.3 is 21.1 Å². The van der Waals surface area contributed by atoms with E-state index in [2.05, 4.69) is 34.2 Å². The Morgan fingerprint density at radius 1 is 0.739 bits per heavy atom. The zero-order valence-corrected chi connectivity index (χ0v) is 15.1. The SMILES string of the molecule is [NH-]C1CCCCC1[NH-].[Pt+2].c1cnc2c(c1)ccc1cccnc12. The van der Waals surface area contributed by atoms with Crippen LogP contribution in [0.5, 0.6) is 0 Å². The van der Waals surface area contributed by atoms with Crippen molar-refractivity contribution in [2.24, 2.45) is 0 Å². The Kier molecular flexibility index (Phi) is 6.64. The minimum absolute atomic E-state index is 0. The van der Waals surface area contributed by atoms with Gasteiger partial charge in [-0.1, -0.05) is 49.9 Å². The van der Waals surface area contributed by atoms with E-state index in [4.69, 9.17) is 11.5 Å². The molecular weight excluding hydrogens is 467 g/mol. The first kappa shape index (κ1) is 18.0. The molecule has 2 N–H and O–H groups in total. The maximum Gasteiger partial charge on any atom is 2.00 e. The normalized spacial score (nSPS) is 20.4. The number of nitrogens with one attached hydrogen (secondary N) is 2. The monoisotopic (exact) mass is 487 g/mol. The summed E-state index contributed by atoms with van der Waals surface area (Å²) < 4.78 is 0. The van der Waals surface area contributed by atoms with Gasteiger partial charge in [0, 0.05) is 23.2 Å². The van der Waals surface area contributed by atoms with Crippen molar-refractivity contribution in [2.45, 2.75) is 37.8 Å². The van der Waals surface area contributed by atoms with Crippen LogP contribution < -0.4 is 0 Å². The average Bonchev–Trinajstić information content (AvgIpc) is 2.58. The number of aromatic nitrogens is 2. The van der Waals surface area contributed by atoms with Crippen molar-refractivity contribution >= 4 is 21.8 Å². The number of hydrogen-bond acceptors (Lipinski definition) is 2. The molecule has 2 atom stereocenters. The van der Waals surface area contributed by atoms with Gasteiger partial charge < -0.3 is 11.5 Å². The first-order valence-corrected chi connectivity index (χ1v) is 7.76. The molecule has 0 aliphatic heterocycles. The maximum atomic E-state index is 7.29. The van der Waals surface area contributed by atoms with E-state index in [9.17, 15) is 0 Å². The molecule has 4 nitrogen and oxygen atoms in total. The van der Waals surface area contributed by atoms with Gasteiger partial charge in [0.25, 0.3) is 0 Å². The molecule has 2 heterocycles. The van der Waals surface area contributed by atoms with Crippen molar-refractivity contribution in [1.29, 1.82) is 0 Å². The van der Waals surface area contributed by atoms with E-state index in [1.807, 2.05) is 12.1 Å². The minimum Gasteiger partial charge on any atom is -0.676 e. The van der Waals surface area contributed by atoms with Gasteiger partial charge in [-0.25, -0.2) is 0 Å². The van der Waals surface area contributed by atoms with Gasteiger partial charge in [0.1, 0.15) is 0 Å². The Balaban J connectivity index is 0.000000185. The van der Waals surface area contributed by atoms with Gasteiger partial charge in [0.2, 0.25) is 0 Å². The summed E-state index contributed by atoms with van der Waals surface area (Å²) in [5, 5.41) is 2.28. The molecule has 3 aromatic rings. The molecule has 0 amide bonds. The van der Waals surface area contributed by atoms with Crippen LogP contribution in [0.25, 0.3) is 33.3 Å². The predicted octanol–water partition coefficient (Wildman–Crippen LogP) is 5.18. The molecule has 5 heteroatoms. The molecule has 0 saturated heterocycles. The minimum atomic E-state index is -0.0799. The van der Waals surface area contributed by atoms with Crippen molar-refractivity contribution in [3.05, 3.63) is 60.3 Å². The van der Waals surface area contributed by atoms with Crippen LogP contribution in [-0.2, 0) is 21.1 Å². The zero-order chi connectivity index (χ0) is 15.4. The molecule has 0 bridgehead atoms. The van der Waals surface area contributed by atoms with Crippen molar-refractivity contribution in [1.82, 2.24) is 9.97 Å². The van der Waals surface area contributed by atoms with Gasteiger partial charge in [0.05, 0.1) is 11.0 Å². The summed E-state index contributed by atoms with van der Waals surface area (Å²) >= 11 is 0. The molecular formula is C18H20N4Pt. The Hall–Kier alpha value is -1.35. The number of rotatable bonds is 0. The van der Waals surface area contributed by atoms with Gasteiger partial charge in [0.15, 0.2) is 0 Å². The number of nitrogens with zero attached hydrogens (tertiary/aromatic N) is 2. The Morgan fingerprint density at radius 3 is 1.57 bits per heavy atom. The first-order chi connectivity index (χ1) is 10.8. The Bertz CT molecular complexity index is 697. The van der Waals surface area contributed by atoms with Gasteiger partial charge in [-0.2, -0.15) is 12.1 Å². The van der Waals surface area contributed by atoms with Crippen LogP contribution >= 0.6 is 0 Å². The summed E-state index contributed by atoms with van der Waals surface area (Å²) in [5.41, 5.74) is 16.5. The van der Waals surface area contributed by atoms with Gasteiger partial charge in [-0.3, -0.25) is 9.97 Å². The largest absolute Gasteiger partial charge is 2.00 e. The van der Waals surface area contributed by atoms with Crippen LogP contribution in [0, 0.1) is 0 Å². The standard InChI is InChI=1S/C12H8N2.C6H12N2.Pt/c1-3-9-5-6-10-4-2-8-14-12(10)11(9)13-7-1;7-5-3-1-2-4-6(5)8;/h1-8H;5-8H,1-4H2;/q;-2;+2. The fourth-order valence-electron chi connectivity index (χ4n) is 2.81. The fourth-order valence-corrected chi connectivity index (χ4v) is 2.81. The number of hydrogen-bond donors (Lipinski definition) is 0. The second-order valence-corrected chi connectivity index (χ2v) is 5.71. The Labute approximate surface area is 150 Å². The molecule has 0 spiro atoms. The summed E-state index contributed by atoms with van der Waals surface area (Å²) in [5.74, 6) is 0. The van der Waals surface area contributed by atoms with Gasteiger partial charge in [-0.05, 0) is 12.1 Å². The maximum absolute atomic E-state index is 7.29. The van der Waals surface area contributed by atoms with Crippen molar-refractivity contribution < 1.29 is 21.1 Å². The first-order valence-electron chi connectivity index (χ1n) is 7.76. The van der Waals surface area contributed by atoms with E-state index >= 15 is 0 Å². The Morgan fingerprint density at radius 2 is 1.17 bits per heavy atom. The number of fused-ring (bicyclic) bond motifs is 3. The number of pyridine rings is 2. The van der Waals surface area contributed by atoms with E-state index in [0.717, 1.165) is 34.6 Å². The van der Waals surface area contributed by atoms with Crippen LogP contribution in [0.15, 0.2) is 48.8 Å². The summed E-state index contributed by atoms with van der Waals surface area (Å²) in [6, 6.07) is 12.0. The summed E-state index contributed by atoms with van der Waals surface area (Å²) in [6.07, 6.45) is 7.85. The molecule has 1 aliphatic carbocycles. The average molecular weight is 487 g/mol. The third-order valence-corrected chi connectivity index (χ3v) is 4.11. The summed E-state index contributed by atoms with van der Waals surface area (Å²) in [4.78, 5) is 8.69. The molecule has 122 valence electrons. The molecule has 1 fully saturated rings. The van der Waals surface area contributed by atoms with Crippen LogP contribution in [0.2, 0.25) is 0 Å². The number of benzene rings is 1. The van der Waals surface area contributed by atoms with Crippen LogP contribution in [0.1, 0.15) is 25.7 Å². The molecule has 2 unspecified atom stereocenters. The van der Waals surface area contributed by atoms with Crippen LogP contribution in [0.4, 0.5) is 0 Å². The molecule has 0 radical (unpaired) electrons. The molecule has 1 aromatic carbocycles. The zero-order valence-electron chi connectivity index (χ0n) is 12.8. The van der Waals surface area contributed by atoms with Gasteiger partial charge in [-0.15, -0.1) is 0 Å². The van der Waals surface area contributed by atoms with Crippen molar-refractivity contribution in [2.75, 3.05) is 0 Å². The summed E-state index contributed by atoms with van der Waals surface area (Å²) in [7, 11) is 0. The third-order valence-electron chi connectivity index (χ3n) is 4.11.